The van der Waals surface area contributed by atoms with Crippen LogP contribution in [-0.2, 0) is 7.05 Å². The van der Waals surface area contributed by atoms with E-state index in [4.69, 9.17) is 5.11 Å². The number of aromatic carboxylic acids is 1. The summed E-state index contributed by atoms with van der Waals surface area (Å²) in [4.78, 5) is 18.4. The van der Waals surface area contributed by atoms with E-state index >= 15 is 0 Å². The molecular weight excluding hydrogens is 247 g/mol. The van der Waals surface area contributed by atoms with E-state index in [9.17, 15) is 9.18 Å². The van der Waals surface area contributed by atoms with Crippen LogP contribution in [0.3, 0.4) is 0 Å². The zero-order valence-electron chi connectivity index (χ0n) is 8.66. The van der Waals surface area contributed by atoms with Crippen LogP contribution < -0.4 is 0 Å². The molecule has 6 nitrogen and oxygen atoms in total. The van der Waals surface area contributed by atoms with Gasteiger partial charge in [-0.3, -0.25) is 0 Å². The van der Waals surface area contributed by atoms with E-state index in [0.29, 0.717) is 5.16 Å². The van der Waals surface area contributed by atoms with Crippen molar-refractivity contribution in [1.82, 2.24) is 19.7 Å². The van der Waals surface area contributed by atoms with E-state index in [2.05, 4.69) is 15.1 Å². The fraction of sp³-hybridized carbons (Fsp3) is 0.111. The second kappa shape index (κ2) is 4.50. The molecule has 0 radical (unpaired) electrons. The Kier molecular flexibility index (Phi) is 3.05. The molecule has 0 aromatic carbocycles. The average Bonchev–Trinajstić information content (AvgIpc) is 2.67. The summed E-state index contributed by atoms with van der Waals surface area (Å²) in [5, 5.41) is 13.0. The van der Waals surface area contributed by atoms with Gasteiger partial charge in [0.1, 0.15) is 11.4 Å². The molecule has 0 aliphatic heterocycles. The summed E-state index contributed by atoms with van der Waals surface area (Å²) in [6, 6.07) is 1.11. The molecule has 2 rings (SSSR count). The summed E-state index contributed by atoms with van der Waals surface area (Å²) in [6.45, 7) is 0. The van der Waals surface area contributed by atoms with E-state index in [0.717, 1.165) is 17.8 Å². The van der Waals surface area contributed by atoms with Gasteiger partial charge in [0, 0.05) is 13.2 Å². The first-order chi connectivity index (χ1) is 8.09. The third kappa shape index (κ3) is 2.26. The maximum Gasteiger partial charge on any atom is 0.338 e. The van der Waals surface area contributed by atoms with Crippen LogP contribution in [0.1, 0.15) is 10.4 Å². The molecule has 0 aliphatic rings. The Morgan fingerprint density at radius 1 is 1.53 bits per heavy atom. The van der Waals surface area contributed by atoms with Crippen LogP contribution in [0.25, 0.3) is 0 Å². The van der Waals surface area contributed by atoms with Crippen LogP contribution in [0.15, 0.2) is 28.8 Å². The van der Waals surface area contributed by atoms with Crippen LogP contribution in [0.4, 0.5) is 4.39 Å². The Hall–Kier alpha value is -1.96. The standard InChI is InChI=1S/C9H7FN4O2S/c1-14-9(12-4-13-14)17-7-6(10)5(8(15)16)2-3-11-7/h2-4H,1H3,(H,15,16). The molecule has 2 heterocycles. The summed E-state index contributed by atoms with van der Waals surface area (Å²) < 4.78 is 15.2. The minimum atomic E-state index is -1.33. The lowest BCUT2D eigenvalue weighted by Gasteiger charge is -2.03. The molecule has 2 aromatic rings. The molecule has 8 heteroatoms. The maximum absolute atomic E-state index is 13.7. The number of aryl methyl sites for hydroxylation is 1. The van der Waals surface area contributed by atoms with Gasteiger partial charge < -0.3 is 5.11 Å². The van der Waals surface area contributed by atoms with Gasteiger partial charge in [0.15, 0.2) is 11.0 Å². The van der Waals surface area contributed by atoms with Crippen LogP contribution in [0.2, 0.25) is 0 Å². The van der Waals surface area contributed by atoms with E-state index in [1.54, 1.807) is 7.05 Å². The number of aromatic nitrogens is 4. The predicted octanol–water partition coefficient (Wildman–Crippen LogP) is 1.20. The molecule has 2 aromatic heterocycles. The Morgan fingerprint density at radius 3 is 2.88 bits per heavy atom. The highest BCUT2D eigenvalue weighted by Gasteiger charge is 2.17. The maximum atomic E-state index is 13.7. The zero-order chi connectivity index (χ0) is 12.4. The first kappa shape index (κ1) is 11.5. The van der Waals surface area contributed by atoms with Crippen molar-refractivity contribution in [2.24, 2.45) is 7.05 Å². The second-order valence-corrected chi connectivity index (χ2v) is 4.01. The van der Waals surface area contributed by atoms with Gasteiger partial charge >= 0.3 is 5.97 Å². The third-order valence-corrected chi connectivity index (χ3v) is 2.98. The molecule has 0 amide bonds. The van der Waals surface area contributed by atoms with Gasteiger partial charge in [0.05, 0.1) is 5.56 Å². The van der Waals surface area contributed by atoms with Crippen molar-refractivity contribution in [3.63, 3.8) is 0 Å². The first-order valence-corrected chi connectivity index (χ1v) is 5.31. The summed E-state index contributed by atoms with van der Waals surface area (Å²) in [5.74, 6) is -2.20. The minimum absolute atomic E-state index is 0.0407. The van der Waals surface area contributed by atoms with Crippen molar-refractivity contribution in [2.45, 2.75) is 10.2 Å². The number of carboxylic acids is 1. The molecule has 0 bridgehead atoms. The van der Waals surface area contributed by atoms with Gasteiger partial charge in [-0.25, -0.2) is 23.8 Å². The fourth-order valence-corrected chi connectivity index (χ4v) is 1.89. The van der Waals surface area contributed by atoms with E-state index in [1.165, 1.54) is 17.2 Å². The van der Waals surface area contributed by atoms with Gasteiger partial charge in [0.25, 0.3) is 0 Å². The monoisotopic (exact) mass is 254 g/mol. The molecule has 0 aliphatic carbocycles. The zero-order valence-corrected chi connectivity index (χ0v) is 9.48. The number of carbonyl (C=O) groups is 1. The van der Waals surface area contributed by atoms with E-state index in [-0.39, 0.29) is 5.03 Å². The van der Waals surface area contributed by atoms with Gasteiger partial charge in [-0.1, -0.05) is 0 Å². The summed E-state index contributed by atoms with van der Waals surface area (Å²) in [5.41, 5.74) is -0.412. The normalized spacial score (nSPS) is 10.5. The predicted molar refractivity (Wildman–Crippen MR) is 56.3 cm³/mol. The topological polar surface area (TPSA) is 80.9 Å². The largest absolute Gasteiger partial charge is 0.478 e. The van der Waals surface area contributed by atoms with Crippen LogP contribution in [0.5, 0.6) is 0 Å². The molecule has 17 heavy (non-hydrogen) atoms. The van der Waals surface area contributed by atoms with Crippen molar-refractivity contribution >= 4 is 17.7 Å². The minimum Gasteiger partial charge on any atom is -0.478 e. The number of rotatable bonds is 3. The average molecular weight is 254 g/mol. The van der Waals surface area contributed by atoms with Crippen molar-refractivity contribution < 1.29 is 14.3 Å². The van der Waals surface area contributed by atoms with Crippen molar-refractivity contribution in [1.29, 1.82) is 0 Å². The number of nitrogens with zero attached hydrogens (tertiary/aromatic N) is 4. The lowest BCUT2D eigenvalue weighted by atomic mass is 10.3. The second-order valence-electron chi connectivity index (χ2n) is 3.05. The number of hydrogen-bond acceptors (Lipinski definition) is 5. The van der Waals surface area contributed by atoms with Crippen LogP contribution in [0, 0.1) is 5.82 Å². The van der Waals surface area contributed by atoms with Crippen molar-refractivity contribution in [2.75, 3.05) is 0 Å². The van der Waals surface area contributed by atoms with Crippen molar-refractivity contribution in [3.8, 4) is 0 Å². The molecule has 0 atom stereocenters. The van der Waals surface area contributed by atoms with Gasteiger partial charge in [-0.2, -0.15) is 5.10 Å². The van der Waals surface area contributed by atoms with E-state index < -0.39 is 17.3 Å². The van der Waals surface area contributed by atoms with Crippen molar-refractivity contribution in [3.05, 3.63) is 30.0 Å². The SMILES string of the molecule is Cn1ncnc1Sc1nccc(C(=O)O)c1F. The molecular formula is C9H7FN4O2S. The molecule has 88 valence electrons. The quantitative estimate of drug-likeness (QED) is 0.886. The van der Waals surface area contributed by atoms with Crippen LogP contribution in [-0.4, -0.2) is 30.8 Å². The van der Waals surface area contributed by atoms with E-state index in [1.807, 2.05) is 0 Å². The number of halogens is 1. The molecule has 0 fully saturated rings. The van der Waals surface area contributed by atoms with Gasteiger partial charge in [0.2, 0.25) is 0 Å². The highest BCUT2D eigenvalue weighted by Crippen LogP contribution is 2.26. The third-order valence-electron chi connectivity index (χ3n) is 1.95. The number of pyridine rings is 1. The van der Waals surface area contributed by atoms with Gasteiger partial charge in [-0.15, -0.1) is 0 Å². The summed E-state index contributed by atoms with van der Waals surface area (Å²) in [6.07, 6.45) is 2.56. The van der Waals surface area contributed by atoms with Gasteiger partial charge in [-0.05, 0) is 17.8 Å². The number of carboxylic acid groups (broad SMARTS) is 1. The lowest BCUT2D eigenvalue weighted by molar-refractivity contribution is 0.0691. The Bertz CT molecular complexity index is 572. The summed E-state index contributed by atoms with van der Waals surface area (Å²) >= 11 is 0.919. The molecule has 0 spiro atoms. The lowest BCUT2D eigenvalue weighted by Crippen LogP contribution is -2.03. The van der Waals surface area contributed by atoms with Crippen LogP contribution >= 0.6 is 11.8 Å². The Balaban J connectivity index is 2.37. The number of hydrogen-bond donors (Lipinski definition) is 1. The Morgan fingerprint density at radius 2 is 2.29 bits per heavy atom. The fourth-order valence-electron chi connectivity index (χ4n) is 1.13. The summed E-state index contributed by atoms with van der Waals surface area (Å²) in [7, 11) is 1.65. The highest BCUT2D eigenvalue weighted by atomic mass is 32.2. The smallest absolute Gasteiger partial charge is 0.338 e. The molecule has 0 unspecified atom stereocenters. The highest BCUT2D eigenvalue weighted by molar-refractivity contribution is 7.99. The molecule has 0 saturated heterocycles. The first-order valence-electron chi connectivity index (χ1n) is 4.49. The molecule has 1 N–H and O–H groups in total. The Labute approximate surface area is 99.5 Å². The molecule has 0 saturated carbocycles.